The summed E-state index contributed by atoms with van der Waals surface area (Å²) in [6, 6.07) is 1.90. The van der Waals surface area contributed by atoms with Gasteiger partial charge in [-0.25, -0.2) is 19.5 Å². The van der Waals surface area contributed by atoms with Gasteiger partial charge >= 0.3 is 6.18 Å². The lowest BCUT2D eigenvalue weighted by molar-refractivity contribution is -0.182. The lowest BCUT2D eigenvalue weighted by Gasteiger charge is -2.30. The van der Waals surface area contributed by atoms with Crippen LogP contribution in [-0.4, -0.2) is 41.2 Å². The van der Waals surface area contributed by atoms with E-state index in [0.29, 0.717) is 24.6 Å². The fourth-order valence-corrected chi connectivity index (χ4v) is 4.20. The fraction of sp³-hybridized carbons (Fsp3) is 0.400. The van der Waals surface area contributed by atoms with E-state index in [9.17, 15) is 13.2 Å². The third kappa shape index (κ3) is 3.35. The summed E-state index contributed by atoms with van der Waals surface area (Å²) in [7, 11) is 0. The Morgan fingerprint density at radius 3 is 2.67 bits per heavy atom. The summed E-state index contributed by atoms with van der Waals surface area (Å²) >= 11 is 0. The molecule has 0 spiro atoms. The van der Waals surface area contributed by atoms with Crippen molar-refractivity contribution in [3.8, 4) is 11.1 Å². The van der Waals surface area contributed by atoms with Gasteiger partial charge in [0.1, 0.15) is 0 Å². The Kier molecular flexibility index (Phi) is 4.37. The van der Waals surface area contributed by atoms with Gasteiger partial charge in [0.25, 0.3) is 0 Å². The normalized spacial score (nSPS) is 20.1. The van der Waals surface area contributed by atoms with Crippen LogP contribution in [0.2, 0.25) is 0 Å². The molecule has 4 aromatic rings. The summed E-state index contributed by atoms with van der Waals surface area (Å²) in [6.07, 6.45) is 6.19. The van der Waals surface area contributed by atoms with Crippen LogP contribution in [-0.2, 0) is 0 Å². The zero-order valence-corrected chi connectivity index (χ0v) is 16.3. The first-order valence-electron chi connectivity index (χ1n) is 9.87. The largest absolute Gasteiger partial charge is 0.391 e. The lowest BCUT2D eigenvalue weighted by Crippen LogP contribution is -2.33. The lowest BCUT2D eigenvalue weighted by atomic mass is 9.86. The molecular formula is C20H20F3N7. The highest BCUT2D eigenvalue weighted by molar-refractivity contribution is 5.82. The van der Waals surface area contributed by atoms with Gasteiger partial charge in [-0.1, -0.05) is 0 Å². The van der Waals surface area contributed by atoms with Gasteiger partial charge in [0, 0.05) is 48.2 Å². The van der Waals surface area contributed by atoms with Crippen LogP contribution in [0.3, 0.4) is 0 Å². The number of nitrogens with zero attached hydrogens (tertiary/aromatic N) is 6. The molecule has 1 N–H and O–H groups in total. The molecule has 7 nitrogen and oxygen atoms in total. The number of aromatic nitrogens is 6. The molecule has 0 unspecified atom stereocenters. The van der Waals surface area contributed by atoms with E-state index in [1.165, 1.54) is 0 Å². The van der Waals surface area contributed by atoms with Crippen molar-refractivity contribution in [2.75, 3.05) is 5.32 Å². The molecule has 10 heteroatoms. The Labute approximate surface area is 170 Å². The molecule has 0 aliphatic heterocycles. The molecule has 5 rings (SSSR count). The maximum atomic E-state index is 12.9. The zero-order chi connectivity index (χ0) is 20.9. The van der Waals surface area contributed by atoms with Crippen LogP contribution >= 0.6 is 0 Å². The first-order valence-corrected chi connectivity index (χ1v) is 9.87. The molecule has 30 heavy (non-hydrogen) atoms. The summed E-state index contributed by atoms with van der Waals surface area (Å²) in [5.74, 6) is -0.142. The summed E-state index contributed by atoms with van der Waals surface area (Å²) < 4.78 is 42.2. The predicted octanol–water partition coefficient (Wildman–Crippen LogP) is 4.28. The van der Waals surface area contributed by atoms with Gasteiger partial charge in [-0.2, -0.15) is 13.2 Å². The molecular weight excluding hydrogens is 395 g/mol. The van der Waals surface area contributed by atoms with Gasteiger partial charge in [0.15, 0.2) is 0 Å². The number of nitrogens with one attached hydrogen (secondary N) is 1. The number of hydrogen-bond acceptors (Lipinski definition) is 5. The third-order valence-electron chi connectivity index (χ3n) is 5.77. The van der Waals surface area contributed by atoms with Crippen molar-refractivity contribution in [2.45, 2.75) is 44.8 Å². The van der Waals surface area contributed by atoms with E-state index in [1.54, 1.807) is 16.9 Å². The molecule has 156 valence electrons. The highest BCUT2D eigenvalue weighted by atomic mass is 19.4. The van der Waals surface area contributed by atoms with Crippen LogP contribution in [0, 0.1) is 12.8 Å². The molecule has 0 bridgehead atoms. The molecule has 0 amide bonds. The van der Waals surface area contributed by atoms with Crippen LogP contribution in [0.25, 0.3) is 22.4 Å². The Morgan fingerprint density at radius 1 is 1.10 bits per heavy atom. The number of imidazole rings is 1. The van der Waals surface area contributed by atoms with Crippen molar-refractivity contribution >= 4 is 17.2 Å². The standard InChI is InChI=1S/C20H20F3N7/c1-12-17-16(13-10-25-19-24-7-9-29(19)11-13)6-8-30(17)28-18(26-12)27-15-4-2-14(3-5-15)20(21,22)23/h6-11,14-15H,2-5H2,1H3,(H,27,28). The highest BCUT2D eigenvalue weighted by Crippen LogP contribution is 2.38. The topological polar surface area (TPSA) is 72.4 Å². The van der Waals surface area contributed by atoms with Crippen molar-refractivity contribution in [3.05, 3.63) is 42.7 Å². The fourth-order valence-electron chi connectivity index (χ4n) is 4.20. The Morgan fingerprint density at radius 2 is 1.90 bits per heavy atom. The highest BCUT2D eigenvalue weighted by Gasteiger charge is 2.41. The SMILES string of the molecule is Cc1nc(NC2CCC(C(F)(F)F)CC2)nn2ccc(-c3cnc4nccn4c3)c12. The van der Waals surface area contributed by atoms with E-state index in [4.69, 9.17) is 0 Å². The number of hydrogen-bond donors (Lipinski definition) is 1. The molecule has 1 fully saturated rings. The van der Waals surface area contributed by atoms with E-state index in [1.807, 2.05) is 36.0 Å². The maximum absolute atomic E-state index is 12.9. The van der Waals surface area contributed by atoms with Gasteiger partial charge in [0.05, 0.1) is 17.1 Å². The number of halogens is 3. The van der Waals surface area contributed by atoms with Crippen LogP contribution < -0.4 is 5.32 Å². The summed E-state index contributed by atoms with van der Waals surface area (Å²) in [5.41, 5.74) is 3.51. The first-order chi connectivity index (χ1) is 14.4. The van der Waals surface area contributed by atoms with Gasteiger partial charge in [-0.3, -0.25) is 4.40 Å². The van der Waals surface area contributed by atoms with Gasteiger partial charge < -0.3 is 5.32 Å². The van der Waals surface area contributed by atoms with Gasteiger partial charge in [-0.05, 0) is 38.7 Å². The van der Waals surface area contributed by atoms with Crippen LogP contribution in [0.15, 0.2) is 37.1 Å². The molecule has 0 radical (unpaired) electrons. The molecule has 0 aromatic carbocycles. The minimum atomic E-state index is -4.10. The van der Waals surface area contributed by atoms with Gasteiger partial charge in [0.2, 0.25) is 11.7 Å². The molecule has 1 aliphatic rings. The smallest absolute Gasteiger partial charge is 0.350 e. The van der Waals surface area contributed by atoms with Crippen molar-refractivity contribution in [3.63, 3.8) is 0 Å². The molecule has 4 aromatic heterocycles. The van der Waals surface area contributed by atoms with E-state index < -0.39 is 12.1 Å². The second kappa shape index (κ2) is 6.96. The maximum Gasteiger partial charge on any atom is 0.391 e. The minimum Gasteiger partial charge on any atom is -0.350 e. The Bertz CT molecular complexity index is 1200. The average molecular weight is 415 g/mol. The first kappa shape index (κ1) is 18.8. The number of fused-ring (bicyclic) bond motifs is 2. The number of alkyl halides is 3. The molecule has 4 heterocycles. The second-order valence-corrected chi connectivity index (χ2v) is 7.76. The molecule has 1 aliphatic carbocycles. The predicted molar refractivity (Wildman–Crippen MR) is 105 cm³/mol. The average Bonchev–Trinajstić information content (AvgIpc) is 3.34. The van der Waals surface area contributed by atoms with Gasteiger partial charge in [-0.15, -0.1) is 5.10 Å². The quantitative estimate of drug-likeness (QED) is 0.541. The minimum absolute atomic E-state index is 0.0525. The zero-order valence-electron chi connectivity index (χ0n) is 16.3. The van der Waals surface area contributed by atoms with E-state index in [-0.39, 0.29) is 18.9 Å². The Hall–Kier alpha value is -3.17. The summed E-state index contributed by atoms with van der Waals surface area (Å²) in [5, 5.41) is 7.75. The van der Waals surface area contributed by atoms with E-state index >= 15 is 0 Å². The van der Waals surface area contributed by atoms with Crippen LogP contribution in [0.1, 0.15) is 31.4 Å². The van der Waals surface area contributed by atoms with Crippen LogP contribution in [0.5, 0.6) is 0 Å². The number of rotatable bonds is 3. The summed E-state index contributed by atoms with van der Waals surface area (Å²) in [4.78, 5) is 13.1. The van der Waals surface area contributed by atoms with Crippen molar-refractivity contribution in [2.24, 2.45) is 5.92 Å². The van der Waals surface area contributed by atoms with E-state index in [0.717, 1.165) is 22.3 Å². The molecule has 0 saturated heterocycles. The molecule has 1 saturated carbocycles. The summed E-state index contributed by atoms with van der Waals surface area (Å²) in [6.45, 7) is 1.90. The van der Waals surface area contributed by atoms with E-state index in [2.05, 4.69) is 25.4 Å². The monoisotopic (exact) mass is 415 g/mol. The Balaban J connectivity index is 1.39. The number of anilines is 1. The van der Waals surface area contributed by atoms with Crippen molar-refractivity contribution in [1.82, 2.24) is 29.0 Å². The van der Waals surface area contributed by atoms with Crippen LogP contribution in [0.4, 0.5) is 19.1 Å². The van der Waals surface area contributed by atoms with Crippen molar-refractivity contribution < 1.29 is 13.2 Å². The van der Waals surface area contributed by atoms with Crippen molar-refractivity contribution in [1.29, 1.82) is 0 Å². The second-order valence-electron chi connectivity index (χ2n) is 7.76. The molecule has 0 atom stereocenters. The third-order valence-corrected chi connectivity index (χ3v) is 5.77. The number of aryl methyl sites for hydroxylation is 1.